The summed E-state index contributed by atoms with van der Waals surface area (Å²) in [5.74, 6) is 0. The molecule has 1 saturated heterocycles. The summed E-state index contributed by atoms with van der Waals surface area (Å²) in [6, 6.07) is 9.01. The Labute approximate surface area is 144 Å². The van der Waals surface area contributed by atoms with Crippen molar-refractivity contribution in [3.8, 4) is 0 Å². The van der Waals surface area contributed by atoms with Crippen molar-refractivity contribution >= 4 is 11.7 Å². The first-order chi connectivity index (χ1) is 11.7. The zero-order valence-electron chi connectivity index (χ0n) is 14.6. The summed E-state index contributed by atoms with van der Waals surface area (Å²) in [5.41, 5.74) is 2.60. The van der Waals surface area contributed by atoms with Gasteiger partial charge in [-0.15, -0.1) is 0 Å². The number of piperazine rings is 1. The van der Waals surface area contributed by atoms with Crippen LogP contribution in [0.2, 0.25) is 0 Å². The zero-order chi connectivity index (χ0) is 16.9. The summed E-state index contributed by atoms with van der Waals surface area (Å²) in [4.78, 5) is 16.7. The van der Waals surface area contributed by atoms with Crippen molar-refractivity contribution in [3.63, 3.8) is 0 Å². The Kier molecular flexibility index (Phi) is 5.61. The van der Waals surface area contributed by atoms with Crippen LogP contribution in [0.3, 0.4) is 0 Å². The molecule has 2 fully saturated rings. The molecule has 5 heteroatoms. The Morgan fingerprint density at radius 2 is 1.71 bits per heavy atom. The van der Waals surface area contributed by atoms with Gasteiger partial charge in [0.15, 0.2) is 0 Å². The fraction of sp³-hybridized carbons (Fsp3) is 0.632. The van der Waals surface area contributed by atoms with Crippen molar-refractivity contribution in [2.24, 2.45) is 0 Å². The van der Waals surface area contributed by atoms with E-state index >= 15 is 0 Å². The number of hydrogen-bond acceptors (Lipinski definition) is 3. The summed E-state index contributed by atoms with van der Waals surface area (Å²) in [6.07, 6.45) is 4.25. The van der Waals surface area contributed by atoms with Gasteiger partial charge in [0, 0.05) is 37.9 Å². The molecule has 0 aromatic heterocycles. The number of nitrogens with one attached hydrogen (secondary N) is 1. The van der Waals surface area contributed by atoms with Crippen LogP contribution in [0.4, 0.5) is 10.5 Å². The zero-order valence-corrected chi connectivity index (χ0v) is 14.6. The highest BCUT2D eigenvalue weighted by atomic mass is 16.3. The van der Waals surface area contributed by atoms with Gasteiger partial charge >= 0.3 is 6.03 Å². The van der Waals surface area contributed by atoms with Crippen molar-refractivity contribution < 1.29 is 9.90 Å². The number of aliphatic hydroxyl groups excluding tert-OH is 1. The molecule has 2 aliphatic rings. The largest absolute Gasteiger partial charge is 0.393 e. The van der Waals surface area contributed by atoms with E-state index in [-0.39, 0.29) is 18.2 Å². The first-order valence-electron chi connectivity index (χ1n) is 9.23. The Balaban J connectivity index is 1.46. The number of rotatable bonds is 3. The van der Waals surface area contributed by atoms with Crippen molar-refractivity contribution in [3.05, 3.63) is 29.8 Å². The third kappa shape index (κ3) is 4.20. The van der Waals surface area contributed by atoms with Gasteiger partial charge in [-0.05, 0) is 49.8 Å². The lowest BCUT2D eigenvalue weighted by molar-refractivity contribution is 0.115. The van der Waals surface area contributed by atoms with Crippen LogP contribution in [-0.4, -0.2) is 54.4 Å². The van der Waals surface area contributed by atoms with E-state index in [0.29, 0.717) is 0 Å². The highest BCUT2D eigenvalue weighted by Gasteiger charge is 2.25. The van der Waals surface area contributed by atoms with E-state index in [2.05, 4.69) is 41.4 Å². The van der Waals surface area contributed by atoms with Gasteiger partial charge in [0.1, 0.15) is 0 Å². The predicted molar refractivity (Wildman–Crippen MR) is 96.4 cm³/mol. The van der Waals surface area contributed by atoms with Gasteiger partial charge in [0.05, 0.1) is 6.10 Å². The van der Waals surface area contributed by atoms with E-state index < -0.39 is 0 Å². The van der Waals surface area contributed by atoms with Gasteiger partial charge in [-0.3, -0.25) is 0 Å². The average Bonchev–Trinajstić information content (AvgIpc) is 2.64. The molecule has 1 aliphatic carbocycles. The Hall–Kier alpha value is -1.75. The third-order valence-corrected chi connectivity index (χ3v) is 5.30. The first-order valence-corrected chi connectivity index (χ1v) is 9.23. The van der Waals surface area contributed by atoms with Crippen LogP contribution in [-0.2, 0) is 6.42 Å². The highest BCUT2D eigenvalue weighted by molar-refractivity contribution is 5.75. The fourth-order valence-electron chi connectivity index (χ4n) is 3.60. The summed E-state index contributed by atoms with van der Waals surface area (Å²) < 4.78 is 0. The number of amides is 2. The van der Waals surface area contributed by atoms with E-state index in [0.717, 1.165) is 58.3 Å². The molecule has 1 aromatic rings. The van der Waals surface area contributed by atoms with E-state index in [1.165, 1.54) is 11.3 Å². The average molecular weight is 331 g/mol. The molecule has 3 rings (SSSR count). The second-order valence-electron chi connectivity index (χ2n) is 6.95. The Morgan fingerprint density at radius 1 is 1.08 bits per heavy atom. The van der Waals surface area contributed by atoms with Crippen LogP contribution in [0.1, 0.15) is 38.2 Å². The second-order valence-corrected chi connectivity index (χ2v) is 6.95. The van der Waals surface area contributed by atoms with E-state index in [1.807, 2.05) is 4.90 Å². The molecule has 1 heterocycles. The maximum absolute atomic E-state index is 12.4. The van der Waals surface area contributed by atoms with Crippen LogP contribution in [0.5, 0.6) is 0 Å². The summed E-state index contributed by atoms with van der Waals surface area (Å²) in [5, 5.41) is 12.7. The van der Waals surface area contributed by atoms with Crippen LogP contribution < -0.4 is 10.2 Å². The maximum Gasteiger partial charge on any atom is 0.317 e. The minimum absolute atomic E-state index is 0.0531. The van der Waals surface area contributed by atoms with Gasteiger partial charge < -0.3 is 20.2 Å². The van der Waals surface area contributed by atoms with Gasteiger partial charge in [-0.1, -0.05) is 19.1 Å². The lowest BCUT2D eigenvalue weighted by Crippen LogP contribution is -2.54. The summed E-state index contributed by atoms with van der Waals surface area (Å²) in [7, 11) is 0. The van der Waals surface area contributed by atoms with Crippen molar-refractivity contribution in [1.29, 1.82) is 0 Å². The molecule has 0 radical (unpaired) electrons. The highest BCUT2D eigenvalue weighted by Crippen LogP contribution is 2.20. The molecule has 0 bridgehead atoms. The van der Waals surface area contributed by atoms with Crippen molar-refractivity contribution in [1.82, 2.24) is 10.2 Å². The van der Waals surface area contributed by atoms with Crippen LogP contribution in [0.25, 0.3) is 0 Å². The SMILES string of the molecule is CCc1ccc(N2CCN(C(=O)NC3CCC(O)CC3)CC2)cc1. The van der Waals surface area contributed by atoms with Crippen LogP contribution in [0.15, 0.2) is 24.3 Å². The molecule has 132 valence electrons. The molecule has 1 aliphatic heterocycles. The standard InChI is InChI=1S/C19H29N3O2/c1-2-15-3-7-17(8-4-15)21-11-13-22(14-12-21)19(24)20-16-5-9-18(23)10-6-16/h3-4,7-8,16,18,23H,2,5-6,9-14H2,1H3,(H,20,24). The molecular formula is C19H29N3O2. The molecular weight excluding hydrogens is 302 g/mol. The van der Waals surface area contributed by atoms with Crippen LogP contribution >= 0.6 is 0 Å². The third-order valence-electron chi connectivity index (χ3n) is 5.30. The number of hydrogen-bond donors (Lipinski definition) is 2. The predicted octanol–water partition coefficient (Wildman–Crippen LogP) is 2.38. The van der Waals surface area contributed by atoms with E-state index in [9.17, 15) is 9.90 Å². The molecule has 0 spiro atoms. The molecule has 0 atom stereocenters. The van der Waals surface area contributed by atoms with Gasteiger partial charge in [-0.2, -0.15) is 0 Å². The normalized spacial score (nSPS) is 24.8. The van der Waals surface area contributed by atoms with Crippen LogP contribution in [0, 0.1) is 0 Å². The van der Waals surface area contributed by atoms with Gasteiger partial charge in [-0.25, -0.2) is 4.79 Å². The molecule has 2 N–H and O–H groups in total. The molecule has 2 amide bonds. The number of urea groups is 1. The minimum atomic E-state index is -0.180. The monoisotopic (exact) mass is 331 g/mol. The Bertz CT molecular complexity index is 530. The molecule has 1 saturated carbocycles. The molecule has 5 nitrogen and oxygen atoms in total. The van der Waals surface area contributed by atoms with Gasteiger partial charge in [0.25, 0.3) is 0 Å². The number of carbonyl (C=O) groups excluding carboxylic acids is 1. The summed E-state index contributed by atoms with van der Waals surface area (Å²) >= 11 is 0. The number of carbonyl (C=O) groups is 1. The smallest absolute Gasteiger partial charge is 0.317 e. The van der Waals surface area contributed by atoms with E-state index in [4.69, 9.17) is 0 Å². The van der Waals surface area contributed by atoms with Crippen molar-refractivity contribution in [2.45, 2.75) is 51.2 Å². The van der Waals surface area contributed by atoms with E-state index in [1.54, 1.807) is 0 Å². The molecule has 24 heavy (non-hydrogen) atoms. The number of nitrogens with zero attached hydrogens (tertiary/aromatic N) is 2. The Morgan fingerprint density at radius 3 is 2.29 bits per heavy atom. The second kappa shape index (κ2) is 7.88. The molecule has 1 aromatic carbocycles. The number of anilines is 1. The quantitative estimate of drug-likeness (QED) is 0.894. The van der Waals surface area contributed by atoms with Crippen molar-refractivity contribution in [2.75, 3.05) is 31.1 Å². The van der Waals surface area contributed by atoms with Gasteiger partial charge in [0.2, 0.25) is 0 Å². The number of aliphatic hydroxyl groups is 1. The fourth-order valence-corrected chi connectivity index (χ4v) is 3.60. The first kappa shape index (κ1) is 17.1. The minimum Gasteiger partial charge on any atom is -0.393 e. The number of aryl methyl sites for hydroxylation is 1. The lowest BCUT2D eigenvalue weighted by atomic mass is 9.93. The maximum atomic E-state index is 12.4. The lowest BCUT2D eigenvalue weighted by Gasteiger charge is -2.37. The topological polar surface area (TPSA) is 55.8 Å². The molecule has 0 unspecified atom stereocenters. The summed E-state index contributed by atoms with van der Waals surface area (Å²) in [6.45, 7) is 5.44. The number of benzene rings is 1.